The number of rotatable bonds is 7. The molecule has 0 aromatic carbocycles. The maximum absolute atomic E-state index is 4.30. The molecule has 3 heteroatoms. The van der Waals surface area contributed by atoms with E-state index in [9.17, 15) is 0 Å². The summed E-state index contributed by atoms with van der Waals surface area (Å²) in [5.74, 6) is 2.72. The quantitative estimate of drug-likeness (QED) is 0.758. The molecule has 1 aliphatic carbocycles. The first-order valence-corrected chi connectivity index (χ1v) is 6.73. The first-order chi connectivity index (χ1) is 8.29. The van der Waals surface area contributed by atoms with Gasteiger partial charge in [-0.15, -0.1) is 0 Å². The second kappa shape index (κ2) is 5.89. The molecule has 0 amide bonds. The van der Waals surface area contributed by atoms with Crippen molar-refractivity contribution >= 4 is 11.5 Å². The average molecular weight is 233 g/mol. The van der Waals surface area contributed by atoms with Crippen molar-refractivity contribution in [2.75, 3.05) is 23.7 Å². The van der Waals surface area contributed by atoms with Crippen LogP contribution in [0.3, 0.4) is 0 Å². The van der Waals surface area contributed by atoms with Crippen molar-refractivity contribution in [3.8, 4) is 0 Å². The molecular formula is C14H23N3. The van der Waals surface area contributed by atoms with E-state index in [1.165, 1.54) is 18.5 Å². The smallest absolute Gasteiger partial charge is 0.127 e. The van der Waals surface area contributed by atoms with Gasteiger partial charge in [0.15, 0.2) is 0 Å². The number of hydrogen-bond donors (Lipinski definition) is 2. The van der Waals surface area contributed by atoms with Crippen molar-refractivity contribution in [3.63, 3.8) is 0 Å². The van der Waals surface area contributed by atoms with Crippen molar-refractivity contribution in [2.24, 2.45) is 11.8 Å². The van der Waals surface area contributed by atoms with Crippen LogP contribution in [0.1, 0.15) is 33.1 Å². The lowest BCUT2D eigenvalue weighted by molar-refractivity contribution is 0.536. The molecule has 0 radical (unpaired) electrons. The Labute approximate surface area is 104 Å². The highest BCUT2D eigenvalue weighted by molar-refractivity contribution is 5.51. The molecule has 1 aromatic heterocycles. The van der Waals surface area contributed by atoms with Gasteiger partial charge in [-0.05, 0) is 37.2 Å². The topological polar surface area (TPSA) is 37.0 Å². The standard InChI is InChI=1S/C14H23N3/c1-3-7-15-14-9-13(6-8-16-14)17-10-11(2)12-4-5-12/h6,8-9,11-12H,3-5,7,10H2,1-2H3,(H2,15,16,17). The van der Waals surface area contributed by atoms with Gasteiger partial charge in [-0.1, -0.05) is 13.8 Å². The fourth-order valence-electron chi connectivity index (χ4n) is 2.00. The number of hydrogen-bond acceptors (Lipinski definition) is 3. The number of anilines is 2. The molecule has 1 atom stereocenters. The monoisotopic (exact) mass is 233 g/mol. The van der Waals surface area contributed by atoms with E-state index in [4.69, 9.17) is 0 Å². The van der Waals surface area contributed by atoms with Gasteiger partial charge in [-0.3, -0.25) is 0 Å². The second-order valence-corrected chi connectivity index (χ2v) is 5.05. The van der Waals surface area contributed by atoms with Crippen LogP contribution in [0.4, 0.5) is 11.5 Å². The van der Waals surface area contributed by atoms with Crippen molar-refractivity contribution in [3.05, 3.63) is 18.3 Å². The Morgan fingerprint density at radius 3 is 2.94 bits per heavy atom. The zero-order valence-corrected chi connectivity index (χ0v) is 10.9. The van der Waals surface area contributed by atoms with Gasteiger partial charge in [0.1, 0.15) is 5.82 Å². The van der Waals surface area contributed by atoms with E-state index in [1.807, 2.05) is 12.3 Å². The van der Waals surface area contributed by atoms with Crippen LogP contribution in [0.5, 0.6) is 0 Å². The third kappa shape index (κ3) is 3.91. The molecule has 94 valence electrons. The largest absolute Gasteiger partial charge is 0.385 e. The average Bonchev–Trinajstić information content (AvgIpc) is 3.18. The van der Waals surface area contributed by atoms with Crippen LogP contribution in [-0.4, -0.2) is 18.1 Å². The van der Waals surface area contributed by atoms with Crippen molar-refractivity contribution in [2.45, 2.75) is 33.1 Å². The second-order valence-electron chi connectivity index (χ2n) is 5.05. The summed E-state index contributed by atoms with van der Waals surface area (Å²) < 4.78 is 0. The summed E-state index contributed by atoms with van der Waals surface area (Å²) in [6.45, 7) is 6.55. The summed E-state index contributed by atoms with van der Waals surface area (Å²) in [6, 6.07) is 4.13. The van der Waals surface area contributed by atoms with Gasteiger partial charge in [-0.25, -0.2) is 4.98 Å². The highest BCUT2D eigenvalue weighted by Crippen LogP contribution is 2.36. The molecule has 1 unspecified atom stereocenters. The first kappa shape index (κ1) is 12.2. The zero-order valence-electron chi connectivity index (χ0n) is 10.9. The Balaban J connectivity index is 1.82. The van der Waals surface area contributed by atoms with Crippen LogP contribution in [0, 0.1) is 11.8 Å². The Bertz CT molecular complexity index is 347. The van der Waals surface area contributed by atoms with E-state index >= 15 is 0 Å². The van der Waals surface area contributed by atoms with E-state index in [-0.39, 0.29) is 0 Å². The minimum Gasteiger partial charge on any atom is -0.385 e. The molecule has 1 aromatic rings. The van der Waals surface area contributed by atoms with Crippen molar-refractivity contribution in [1.82, 2.24) is 4.98 Å². The van der Waals surface area contributed by atoms with Gasteiger partial charge in [-0.2, -0.15) is 0 Å². The van der Waals surface area contributed by atoms with E-state index in [2.05, 4.69) is 35.5 Å². The third-order valence-electron chi connectivity index (χ3n) is 3.37. The summed E-state index contributed by atoms with van der Waals surface area (Å²) in [6.07, 6.45) is 5.82. The zero-order chi connectivity index (χ0) is 12.1. The molecule has 0 bridgehead atoms. The normalized spacial score (nSPS) is 16.6. The summed E-state index contributed by atoms with van der Waals surface area (Å²) in [5, 5.41) is 6.81. The van der Waals surface area contributed by atoms with Gasteiger partial charge in [0, 0.05) is 31.0 Å². The molecule has 2 rings (SSSR count). The fourth-order valence-corrected chi connectivity index (χ4v) is 2.00. The van der Waals surface area contributed by atoms with Crippen LogP contribution >= 0.6 is 0 Å². The Morgan fingerprint density at radius 1 is 1.41 bits per heavy atom. The molecule has 1 saturated carbocycles. The van der Waals surface area contributed by atoms with Gasteiger partial charge in [0.25, 0.3) is 0 Å². The summed E-state index contributed by atoms with van der Waals surface area (Å²) in [4.78, 5) is 4.30. The minimum absolute atomic E-state index is 0.787. The highest BCUT2D eigenvalue weighted by Gasteiger charge is 2.27. The first-order valence-electron chi connectivity index (χ1n) is 6.73. The summed E-state index contributed by atoms with van der Waals surface area (Å²) in [5.41, 5.74) is 1.17. The van der Waals surface area contributed by atoms with Crippen molar-refractivity contribution in [1.29, 1.82) is 0 Å². The molecule has 0 aliphatic heterocycles. The van der Waals surface area contributed by atoms with Crippen LogP contribution in [0.2, 0.25) is 0 Å². The predicted molar refractivity (Wildman–Crippen MR) is 73.4 cm³/mol. The number of nitrogens with zero attached hydrogens (tertiary/aromatic N) is 1. The van der Waals surface area contributed by atoms with Gasteiger partial charge >= 0.3 is 0 Å². The van der Waals surface area contributed by atoms with Gasteiger partial charge < -0.3 is 10.6 Å². The Kier molecular flexibility index (Phi) is 4.24. The van der Waals surface area contributed by atoms with Gasteiger partial charge in [0.2, 0.25) is 0 Å². The SMILES string of the molecule is CCCNc1cc(NCC(C)C2CC2)ccn1. The maximum Gasteiger partial charge on any atom is 0.127 e. The maximum atomic E-state index is 4.30. The Morgan fingerprint density at radius 2 is 2.24 bits per heavy atom. The van der Waals surface area contributed by atoms with Crippen molar-refractivity contribution < 1.29 is 0 Å². The van der Waals surface area contributed by atoms with Crippen LogP contribution in [0.15, 0.2) is 18.3 Å². The van der Waals surface area contributed by atoms with E-state index < -0.39 is 0 Å². The van der Waals surface area contributed by atoms with E-state index in [1.54, 1.807) is 0 Å². The number of nitrogens with one attached hydrogen (secondary N) is 2. The molecule has 1 heterocycles. The van der Waals surface area contributed by atoms with Gasteiger partial charge in [0.05, 0.1) is 0 Å². The van der Waals surface area contributed by atoms with Crippen LogP contribution in [0.25, 0.3) is 0 Å². The number of aromatic nitrogens is 1. The predicted octanol–water partition coefficient (Wildman–Crippen LogP) is 3.36. The Hall–Kier alpha value is -1.25. The lowest BCUT2D eigenvalue weighted by Crippen LogP contribution is -2.13. The molecule has 1 aliphatic rings. The summed E-state index contributed by atoms with van der Waals surface area (Å²) >= 11 is 0. The molecule has 17 heavy (non-hydrogen) atoms. The molecule has 3 nitrogen and oxygen atoms in total. The minimum atomic E-state index is 0.787. The molecule has 2 N–H and O–H groups in total. The molecule has 0 spiro atoms. The summed E-state index contributed by atoms with van der Waals surface area (Å²) in [7, 11) is 0. The lowest BCUT2D eigenvalue weighted by atomic mass is 10.1. The van der Waals surface area contributed by atoms with Crippen LogP contribution in [-0.2, 0) is 0 Å². The molecule has 1 fully saturated rings. The fraction of sp³-hybridized carbons (Fsp3) is 0.643. The highest BCUT2D eigenvalue weighted by atomic mass is 15.0. The third-order valence-corrected chi connectivity index (χ3v) is 3.37. The molecule has 0 saturated heterocycles. The number of pyridine rings is 1. The van der Waals surface area contributed by atoms with Crippen LogP contribution < -0.4 is 10.6 Å². The molecular weight excluding hydrogens is 210 g/mol. The van der Waals surface area contributed by atoms with E-state index in [0.717, 1.165) is 37.2 Å². The van der Waals surface area contributed by atoms with E-state index in [0.29, 0.717) is 0 Å². The lowest BCUT2D eigenvalue weighted by Gasteiger charge is -2.13.